The Hall–Kier alpha value is -1.94. The molecule has 19 heteroatoms. The summed E-state index contributed by atoms with van der Waals surface area (Å²) >= 11 is 0. The second-order valence-electron chi connectivity index (χ2n) is 28.8. The van der Waals surface area contributed by atoms with Crippen molar-refractivity contribution in [1.29, 1.82) is 0 Å². The third-order valence-electron chi connectivity index (χ3n) is 18.9. The molecule has 5 atom stereocenters. The average molecular weight is 1450 g/mol. The van der Waals surface area contributed by atoms with Gasteiger partial charge in [0.05, 0.1) is 26.4 Å². The number of hydrogen-bond donors (Lipinski definition) is 3. The number of esters is 4. The lowest BCUT2D eigenvalue weighted by Crippen LogP contribution is -2.30. The molecule has 0 fully saturated rings. The molecule has 0 saturated carbocycles. The van der Waals surface area contributed by atoms with Crippen LogP contribution in [0.1, 0.15) is 432 Å². The summed E-state index contributed by atoms with van der Waals surface area (Å²) in [7, 11) is -9.92. The van der Waals surface area contributed by atoms with Crippen molar-refractivity contribution in [2.45, 2.75) is 451 Å². The van der Waals surface area contributed by atoms with Crippen molar-refractivity contribution in [3.05, 3.63) is 0 Å². The van der Waals surface area contributed by atoms with Crippen molar-refractivity contribution < 1.29 is 80.2 Å². The van der Waals surface area contributed by atoms with Crippen LogP contribution >= 0.6 is 15.6 Å². The highest BCUT2D eigenvalue weighted by atomic mass is 31.2. The quantitative estimate of drug-likeness (QED) is 0.0222. The molecule has 588 valence electrons. The Balaban J connectivity index is 5.25. The summed E-state index contributed by atoms with van der Waals surface area (Å²) in [6.07, 6.45) is 66.4. The van der Waals surface area contributed by atoms with E-state index in [4.69, 9.17) is 37.0 Å². The summed E-state index contributed by atoms with van der Waals surface area (Å²) in [5.74, 6) is -2.10. The SMILES string of the molecule is CCCCCCCCCCCCCCCCCCC(=O)OC[C@H](COP(=O)(O)OC[C@@H](O)COP(=O)(O)OC[C@@H](COC(=O)CCCCCCCCCCCCC)OC(=O)CCCCCCCCCCCCCCCCCC)OC(=O)CCCCCCCCCCCCCCCCCC. The molecule has 0 aromatic heterocycles. The van der Waals surface area contributed by atoms with E-state index in [9.17, 15) is 43.2 Å². The van der Waals surface area contributed by atoms with Gasteiger partial charge in [0, 0.05) is 25.7 Å². The Kier molecular flexibility index (Phi) is 72.9. The van der Waals surface area contributed by atoms with E-state index in [1.165, 1.54) is 263 Å². The number of phosphoric acid groups is 2. The van der Waals surface area contributed by atoms with Gasteiger partial charge in [-0.2, -0.15) is 0 Å². The van der Waals surface area contributed by atoms with Crippen LogP contribution in [-0.2, 0) is 65.4 Å². The molecule has 0 bridgehead atoms. The van der Waals surface area contributed by atoms with Gasteiger partial charge in [0.25, 0.3) is 0 Å². The number of unbranched alkanes of at least 4 members (excludes halogenated alkanes) is 55. The first-order valence-electron chi connectivity index (χ1n) is 41.8. The van der Waals surface area contributed by atoms with E-state index in [1.54, 1.807) is 0 Å². The van der Waals surface area contributed by atoms with Crippen LogP contribution in [0.4, 0.5) is 0 Å². The van der Waals surface area contributed by atoms with Gasteiger partial charge in [-0.3, -0.25) is 37.3 Å². The highest BCUT2D eigenvalue weighted by Crippen LogP contribution is 2.45. The molecule has 0 rings (SSSR count). The summed E-state index contributed by atoms with van der Waals surface area (Å²) in [5.41, 5.74) is 0. The van der Waals surface area contributed by atoms with Gasteiger partial charge in [-0.15, -0.1) is 0 Å². The lowest BCUT2D eigenvalue weighted by molar-refractivity contribution is -0.161. The molecule has 2 unspecified atom stereocenters. The molecule has 99 heavy (non-hydrogen) atoms. The van der Waals surface area contributed by atoms with Crippen molar-refractivity contribution in [2.24, 2.45) is 0 Å². The summed E-state index contributed by atoms with van der Waals surface area (Å²) in [5, 5.41) is 10.6. The number of hydrogen-bond acceptors (Lipinski definition) is 15. The molecule has 0 spiro atoms. The standard InChI is InChI=1S/C80H156O17P2/c1-5-9-13-17-21-25-29-32-35-38-41-45-49-53-57-61-65-78(83)91-71-76(97-80(85)67-63-59-55-51-47-43-40-37-34-31-27-23-19-15-11-7-3)73-95-99(88,89)93-69-74(81)68-92-98(86,87)94-72-75(70-90-77(82)64-60-56-52-48-44-28-24-20-16-12-8-4)96-79(84)66-62-58-54-50-46-42-39-36-33-30-26-22-18-14-10-6-2/h74-76,81H,5-73H2,1-4H3,(H,86,87)(H,88,89)/t74-,75+,76+/m0/s1. The van der Waals surface area contributed by atoms with Gasteiger partial charge in [0.1, 0.15) is 19.3 Å². The second kappa shape index (κ2) is 74.3. The zero-order valence-corrected chi connectivity index (χ0v) is 66.3. The normalized spacial score (nSPS) is 13.8. The van der Waals surface area contributed by atoms with E-state index < -0.39 is 97.5 Å². The Bertz CT molecular complexity index is 1880. The zero-order valence-electron chi connectivity index (χ0n) is 64.5. The van der Waals surface area contributed by atoms with Gasteiger partial charge in [-0.05, 0) is 25.7 Å². The first-order chi connectivity index (χ1) is 48.2. The Morgan fingerprint density at radius 2 is 0.404 bits per heavy atom. The summed E-state index contributed by atoms with van der Waals surface area (Å²) in [4.78, 5) is 73.0. The highest BCUT2D eigenvalue weighted by Gasteiger charge is 2.30. The van der Waals surface area contributed by atoms with E-state index in [-0.39, 0.29) is 25.7 Å². The van der Waals surface area contributed by atoms with Crippen molar-refractivity contribution in [2.75, 3.05) is 39.6 Å². The summed E-state index contributed by atoms with van der Waals surface area (Å²) in [6.45, 7) is 5.03. The smallest absolute Gasteiger partial charge is 0.462 e. The number of aliphatic hydroxyl groups is 1. The monoisotopic (exact) mass is 1450 g/mol. The van der Waals surface area contributed by atoms with Crippen molar-refractivity contribution in [3.63, 3.8) is 0 Å². The first kappa shape index (κ1) is 97.1. The molecule has 0 aliphatic carbocycles. The topological polar surface area (TPSA) is 237 Å². The number of aliphatic hydroxyl groups excluding tert-OH is 1. The minimum absolute atomic E-state index is 0.109. The molecule has 0 radical (unpaired) electrons. The lowest BCUT2D eigenvalue weighted by Gasteiger charge is -2.21. The third kappa shape index (κ3) is 74.1. The molecule has 17 nitrogen and oxygen atoms in total. The van der Waals surface area contributed by atoms with Gasteiger partial charge >= 0.3 is 39.5 Å². The van der Waals surface area contributed by atoms with Gasteiger partial charge in [0.2, 0.25) is 0 Å². The molecular weight excluding hydrogens is 1290 g/mol. The minimum Gasteiger partial charge on any atom is -0.462 e. The van der Waals surface area contributed by atoms with Crippen molar-refractivity contribution >= 4 is 39.5 Å². The second-order valence-corrected chi connectivity index (χ2v) is 31.7. The number of carbonyl (C=O) groups excluding carboxylic acids is 4. The first-order valence-corrected chi connectivity index (χ1v) is 44.8. The molecule has 0 saturated heterocycles. The highest BCUT2D eigenvalue weighted by molar-refractivity contribution is 7.47. The third-order valence-corrected chi connectivity index (χ3v) is 20.8. The Labute approximate surface area is 607 Å². The Morgan fingerprint density at radius 1 is 0.242 bits per heavy atom. The van der Waals surface area contributed by atoms with Crippen LogP contribution in [0.2, 0.25) is 0 Å². The van der Waals surface area contributed by atoms with Crippen molar-refractivity contribution in [1.82, 2.24) is 0 Å². The van der Waals surface area contributed by atoms with Crippen LogP contribution in [0.25, 0.3) is 0 Å². The maximum Gasteiger partial charge on any atom is 0.472 e. The van der Waals surface area contributed by atoms with Crippen LogP contribution in [0.3, 0.4) is 0 Å². The molecule has 0 aromatic rings. The van der Waals surface area contributed by atoms with E-state index >= 15 is 0 Å². The average Bonchev–Trinajstić information content (AvgIpc) is 1.02. The largest absolute Gasteiger partial charge is 0.472 e. The van der Waals surface area contributed by atoms with Gasteiger partial charge < -0.3 is 33.8 Å². The van der Waals surface area contributed by atoms with E-state index in [0.29, 0.717) is 25.7 Å². The Morgan fingerprint density at radius 3 is 0.596 bits per heavy atom. The number of ether oxygens (including phenoxy) is 4. The van der Waals surface area contributed by atoms with Gasteiger partial charge in [-0.1, -0.05) is 381 Å². The summed E-state index contributed by atoms with van der Waals surface area (Å²) < 4.78 is 68.7. The summed E-state index contributed by atoms with van der Waals surface area (Å²) in [6, 6.07) is 0. The van der Waals surface area contributed by atoms with E-state index in [2.05, 4.69) is 27.7 Å². The zero-order chi connectivity index (χ0) is 72.5. The van der Waals surface area contributed by atoms with Gasteiger partial charge in [-0.25, -0.2) is 9.13 Å². The van der Waals surface area contributed by atoms with Crippen LogP contribution in [0.5, 0.6) is 0 Å². The van der Waals surface area contributed by atoms with Gasteiger partial charge in [0.15, 0.2) is 12.2 Å². The van der Waals surface area contributed by atoms with E-state index in [0.717, 1.165) is 89.9 Å². The fourth-order valence-corrected chi connectivity index (χ4v) is 14.0. The van der Waals surface area contributed by atoms with Crippen LogP contribution < -0.4 is 0 Å². The predicted molar refractivity (Wildman–Crippen MR) is 405 cm³/mol. The maximum atomic E-state index is 13.1. The molecule has 0 aromatic carbocycles. The number of carbonyl (C=O) groups is 4. The molecule has 0 aliphatic heterocycles. The number of phosphoric ester groups is 2. The van der Waals surface area contributed by atoms with Crippen LogP contribution in [0, 0.1) is 0 Å². The molecule has 0 aliphatic rings. The lowest BCUT2D eigenvalue weighted by atomic mass is 10.0. The fraction of sp³-hybridized carbons (Fsp3) is 0.950. The van der Waals surface area contributed by atoms with Crippen LogP contribution in [0.15, 0.2) is 0 Å². The number of rotatable bonds is 81. The molecular formula is C80H156O17P2. The predicted octanol–water partition coefficient (Wildman–Crippen LogP) is 24.2. The maximum absolute atomic E-state index is 13.1. The molecule has 0 amide bonds. The van der Waals surface area contributed by atoms with E-state index in [1.807, 2.05) is 0 Å². The minimum atomic E-state index is -4.96. The molecule has 0 heterocycles. The van der Waals surface area contributed by atoms with Crippen molar-refractivity contribution in [3.8, 4) is 0 Å². The molecule has 3 N–H and O–H groups in total. The van der Waals surface area contributed by atoms with Crippen LogP contribution in [-0.4, -0.2) is 96.7 Å². The fourth-order valence-electron chi connectivity index (χ4n) is 12.5.